The Morgan fingerprint density at radius 1 is 1.45 bits per heavy atom. The lowest BCUT2D eigenvalue weighted by Crippen LogP contribution is -2.35. The molecular formula is C21H24N4O4S2. The van der Waals surface area contributed by atoms with Gasteiger partial charge in [0.1, 0.15) is 15.8 Å². The number of nitrogens with zero attached hydrogens (tertiary/aromatic N) is 3. The molecule has 0 aliphatic carbocycles. The fourth-order valence-corrected chi connectivity index (χ4v) is 4.89. The van der Waals surface area contributed by atoms with E-state index >= 15 is 0 Å². The number of nitrogens with one attached hydrogen (secondary N) is 1. The number of aromatic nitrogens is 2. The van der Waals surface area contributed by atoms with Crippen molar-refractivity contribution in [2.75, 3.05) is 38.7 Å². The van der Waals surface area contributed by atoms with E-state index in [2.05, 4.69) is 10.3 Å². The van der Waals surface area contributed by atoms with Crippen LogP contribution in [0.25, 0.3) is 11.7 Å². The Bertz CT molecular complexity index is 1110. The number of amides is 1. The van der Waals surface area contributed by atoms with E-state index in [1.807, 2.05) is 13.0 Å². The monoisotopic (exact) mass is 460 g/mol. The maximum atomic E-state index is 13.3. The lowest BCUT2D eigenvalue weighted by Gasteiger charge is -2.18. The topological polar surface area (TPSA) is 85.2 Å². The highest BCUT2D eigenvalue weighted by Gasteiger charge is 2.35. The lowest BCUT2D eigenvalue weighted by atomic mass is 10.2. The number of pyridine rings is 1. The summed E-state index contributed by atoms with van der Waals surface area (Å²) in [5, 5.41) is 3.16. The molecule has 0 bridgehead atoms. The first-order valence-corrected chi connectivity index (χ1v) is 11.3. The van der Waals surface area contributed by atoms with E-state index in [0.717, 1.165) is 18.4 Å². The van der Waals surface area contributed by atoms with Gasteiger partial charge in [0, 0.05) is 26.5 Å². The third-order valence-electron chi connectivity index (χ3n) is 5.24. The van der Waals surface area contributed by atoms with E-state index in [9.17, 15) is 9.59 Å². The highest BCUT2D eigenvalue weighted by Crippen LogP contribution is 2.34. The molecule has 8 nitrogen and oxygen atoms in total. The molecule has 2 aliphatic rings. The Labute approximate surface area is 189 Å². The summed E-state index contributed by atoms with van der Waals surface area (Å²) in [4.78, 5) is 33.0. The molecule has 4 heterocycles. The number of carbonyl (C=O) groups is 1. The van der Waals surface area contributed by atoms with Crippen LogP contribution in [0.2, 0.25) is 0 Å². The van der Waals surface area contributed by atoms with Crippen molar-refractivity contribution in [3.8, 4) is 0 Å². The second-order valence-corrected chi connectivity index (χ2v) is 9.09. The van der Waals surface area contributed by atoms with Crippen molar-refractivity contribution in [3.63, 3.8) is 0 Å². The number of thiocarbonyl (C=S) groups is 1. The van der Waals surface area contributed by atoms with Crippen LogP contribution < -0.4 is 10.9 Å². The number of thioether (sulfide) groups is 1. The third kappa shape index (κ3) is 4.52. The first-order valence-electron chi connectivity index (χ1n) is 10.1. The number of rotatable bonds is 7. The molecule has 1 amide bonds. The summed E-state index contributed by atoms with van der Waals surface area (Å²) < 4.78 is 12.7. The van der Waals surface area contributed by atoms with E-state index in [-0.39, 0.29) is 17.6 Å². The van der Waals surface area contributed by atoms with E-state index < -0.39 is 0 Å². The summed E-state index contributed by atoms with van der Waals surface area (Å²) in [6.45, 7) is 3.99. The Morgan fingerprint density at radius 2 is 2.29 bits per heavy atom. The number of fused-ring (bicyclic) bond motifs is 1. The fraction of sp³-hybridized carbons (Fsp3) is 0.429. The van der Waals surface area contributed by atoms with Crippen LogP contribution in [0.5, 0.6) is 0 Å². The number of anilines is 1. The van der Waals surface area contributed by atoms with Crippen LogP contribution >= 0.6 is 24.0 Å². The molecule has 164 valence electrons. The summed E-state index contributed by atoms with van der Waals surface area (Å²) in [6, 6.07) is 3.70. The minimum absolute atomic E-state index is 0.00376. The summed E-state index contributed by atoms with van der Waals surface area (Å²) >= 11 is 6.63. The minimum atomic E-state index is -0.252. The van der Waals surface area contributed by atoms with E-state index in [4.69, 9.17) is 21.7 Å². The molecule has 2 fully saturated rings. The Hall–Kier alpha value is -2.27. The van der Waals surface area contributed by atoms with Crippen molar-refractivity contribution in [1.82, 2.24) is 14.3 Å². The normalized spacial score (nSPS) is 20.4. The van der Waals surface area contributed by atoms with E-state index in [1.54, 1.807) is 30.3 Å². The number of hydrogen-bond donors (Lipinski definition) is 1. The molecule has 4 rings (SSSR count). The zero-order valence-electron chi connectivity index (χ0n) is 17.4. The van der Waals surface area contributed by atoms with Crippen LogP contribution in [0.15, 0.2) is 28.0 Å². The van der Waals surface area contributed by atoms with Crippen LogP contribution in [0.3, 0.4) is 0 Å². The Morgan fingerprint density at radius 3 is 3.03 bits per heavy atom. The van der Waals surface area contributed by atoms with E-state index in [1.165, 1.54) is 16.2 Å². The molecule has 0 spiro atoms. The van der Waals surface area contributed by atoms with Crippen LogP contribution in [-0.2, 0) is 14.3 Å². The zero-order chi connectivity index (χ0) is 22.0. The van der Waals surface area contributed by atoms with Crippen molar-refractivity contribution >= 4 is 51.7 Å². The predicted molar refractivity (Wildman–Crippen MR) is 125 cm³/mol. The smallest absolute Gasteiger partial charge is 0.267 e. The zero-order valence-corrected chi connectivity index (χ0v) is 19.1. The van der Waals surface area contributed by atoms with Crippen LogP contribution in [0, 0.1) is 6.92 Å². The van der Waals surface area contributed by atoms with Crippen molar-refractivity contribution in [1.29, 1.82) is 0 Å². The van der Waals surface area contributed by atoms with Crippen molar-refractivity contribution < 1.29 is 14.3 Å². The molecule has 2 aromatic rings. The van der Waals surface area contributed by atoms with Gasteiger partial charge in [-0.1, -0.05) is 30.0 Å². The lowest BCUT2D eigenvalue weighted by molar-refractivity contribution is -0.123. The van der Waals surface area contributed by atoms with Gasteiger partial charge in [-0.05, 0) is 37.5 Å². The predicted octanol–water partition coefficient (Wildman–Crippen LogP) is 2.44. The average molecular weight is 461 g/mol. The van der Waals surface area contributed by atoms with Crippen LogP contribution in [-0.4, -0.2) is 64.0 Å². The molecule has 1 unspecified atom stereocenters. The number of ether oxygens (including phenoxy) is 2. The third-order valence-corrected chi connectivity index (χ3v) is 6.62. The summed E-state index contributed by atoms with van der Waals surface area (Å²) in [5.41, 5.74) is 1.51. The van der Waals surface area contributed by atoms with Gasteiger partial charge < -0.3 is 14.8 Å². The van der Waals surface area contributed by atoms with Gasteiger partial charge in [0.05, 0.1) is 29.7 Å². The molecular weight excluding hydrogens is 436 g/mol. The summed E-state index contributed by atoms with van der Waals surface area (Å²) in [5.74, 6) is 0.211. The maximum Gasteiger partial charge on any atom is 0.267 e. The molecule has 0 radical (unpaired) electrons. The SMILES string of the molecule is COCCNc1nc2c(C)cccn2c(=O)c1C=C1SC(=S)N(CC2CCCO2)C1=O. The van der Waals surface area contributed by atoms with Gasteiger partial charge in [-0.15, -0.1) is 0 Å². The van der Waals surface area contributed by atoms with Crippen molar-refractivity contribution in [2.24, 2.45) is 0 Å². The molecule has 2 saturated heterocycles. The van der Waals surface area contributed by atoms with Crippen molar-refractivity contribution in [2.45, 2.75) is 25.9 Å². The minimum Gasteiger partial charge on any atom is -0.383 e. The standard InChI is InChI=1S/C21H24N4O4S2/c1-13-5-3-8-24-18(13)23-17(22-7-10-28-2)15(19(24)26)11-16-20(27)25(21(30)31-16)12-14-6-4-9-29-14/h3,5,8,11,14,22H,4,6-7,9-10,12H2,1-2H3. The molecule has 10 heteroatoms. The molecule has 2 aliphatic heterocycles. The number of aryl methyl sites for hydroxylation is 1. The highest BCUT2D eigenvalue weighted by molar-refractivity contribution is 8.26. The van der Waals surface area contributed by atoms with Gasteiger partial charge >= 0.3 is 0 Å². The maximum absolute atomic E-state index is 13.3. The number of methoxy groups -OCH3 is 1. The summed E-state index contributed by atoms with van der Waals surface area (Å²) in [6.07, 6.45) is 5.18. The van der Waals surface area contributed by atoms with Crippen LogP contribution in [0.1, 0.15) is 24.0 Å². The molecule has 1 atom stereocenters. The fourth-order valence-electron chi connectivity index (χ4n) is 3.63. The van der Waals surface area contributed by atoms with Gasteiger partial charge in [-0.2, -0.15) is 0 Å². The first kappa shape index (κ1) is 21.9. The van der Waals surface area contributed by atoms with Gasteiger partial charge in [-0.25, -0.2) is 4.98 Å². The molecule has 0 aromatic carbocycles. The van der Waals surface area contributed by atoms with Crippen molar-refractivity contribution in [3.05, 3.63) is 44.7 Å². The summed E-state index contributed by atoms with van der Waals surface area (Å²) in [7, 11) is 1.61. The van der Waals surface area contributed by atoms with E-state index in [0.29, 0.717) is 52.6 Å². The second-order valence-electron chi connectivity index (χ2n) is 7.41. The molecule has 2 aromatic heterocycles. The highest BCUT2D eigenvalue weighted by atomic mass is 32.2. The largest absolute Gasteiger partial charge is 0.383 e. The molecule has 31 heavy (non-hydrogen) atoms. The van der Waals surface area contributed by atoms with Crippen LogP contribution in [0.4, 0.5) is 5.82 Å². The number of hydrogen-bond acceptors (Lipinski definition) is 8. The quantitative estimate of drug-likeness (QED) is 0.383. The van der Waals surface area contributed by atoms with Gasteiger partial charge in [0.15, 0.2) is 0 Å². The molecule has 0 saturated carbocycles. The Kier molecular flexibility index (Phi) is 6.71. The second kappa shape index (κ2) is 9.47. The van der Waals surface area contributed by atoms with Gasteiger partial charge in [0.25, 0.3) is 11.5 Å². The average Bonchev–Trinajstić information content (AvgIpc) is 3.35. The number of carbonyl (C=O) groups excluding carboxylic acids is 1. The van der Waals surface area contributed by atoms with Gasteiger partial charge in [-0.3, -0.25) is 18.9 Å². The molecule has 1 N–H and O–H groups in total. The Balaban J connectivity index is 1.72. The first-order chi connectivity index (χ1) is 15.0. The van der Waals surface area contributed by atoms with Gasteiger partial charge in [0.2, 0.25) is 0 Å².